The average Bonchev–Trinajstić information content (AvgIpc) is 3.10. The molecule has 4 rings (SSSR count). The highest BCUT2D eigenvalue weighted by molar-refractivity contribution is 7.89. The van der Waals surface area contributed by atoms with Gasteiger partial charge < -0.3 is 9.80 Å². The van der Waals surface area contributed by atoms with E-state index in [0.717, 1.165) is 30.2 Å². The van der Waals surface area contributed by atoms with Crippen LogP contribution < -0.4 is 14.9 Å². The van der Waals surface area contributed by atoms with Crippen molar-refractivity contribution in [1.82, 2.24) is 19.6 Å². The van der Waals surface area contributed by atoms with Crippen molar-refractivity contribution in [3.8, 4) is 0 Å². The largest absolute Gasteiger partial charge is 0.367 e. The molecule has 0 saturated carbocycles. The summed E-state index contributed by atoms with van der Waals surface area (Å²) in [7, 11) is -3.77. The molecule has 142 valence electrons. The molecule has 1 saturated heterocycles. The van der Waals surface area contributed by atoms with Gasteiger partial charge in [0.05, 0.1) is 5.69 Å². The molecule has 3 heterocycles. The van der Waals surface area contributed by atoms with E-state index in [9.17, 15) is 8.42 Å². The minimum Gasteiger partial charge on any atom is -0.367 e. The molecule has 1 aromatic carbocycles. The number of fused-ring (bicyclic) bond motifs is 1. The van der Waals surface area contributed by atoms with E-state index in [0.29, 0.717) is 24.6 Å². The number of hydrogen-bond acceptors (Lipinski definition) is 7. The molecule has 0 amide bonds. The molecular weight excluding hydrogens is 366 g/mol. The number of para-hydroxylation sites is 1. The molecule has 1 fully saturated rings. The Morgan fingerprint density at radius 3 is 2.41 bits per heavy atom. The standard InChI is InChI=1S/C17H21N7O2S/c1-12-13(2)21-17-19-11-20-24(17)16(12)23-9-7-22(8-10-23)14-5-3-4-6-15(14)27(18,25)26/h3-6,11H,7-10H2,1-2H3,(H2,18,25,26). The van der Waals surface area contributed by atoms with Gasteiger partial charge in [-0.15, -0.1) is 0 Å². The predicted molar refractivity (Wildman–Crippen MR) is 102 cm³/mol. The number of nitrogens with two attached hydrogens (primary N) is 1. The summed E-state index contributed by atoms with van der Waals surface area (Å²) in [5.41, 5.74) is 2.63. The molecule has 2 aromatic heterocycles. The van der Waals surface area contributed by atoms with E-state index in [4.69, 9.17) is 5.14 Å². The van der Waals surface area contributed by atoms with Crippen LogP contribution in [0.1, 0.15) is 11.3 Å². The SMILES string of the molecule is Cc1nc2ncnn2c(N2CCN(c3ccccc3S(N)(=O)=O)CC2)c1C. The maximum absolute atomic E-state index is 11.9. The third-order valence-electron chi connectivity index (χ3n) is 4.97. The summed E-state index contributed by atoms with van der Waals surface area (Å²) in [6.45, 7) is 6.77. The van der Waals surface area contributed by atoms with E-state index in [1.165, 1.54) is 6.33 Å². The molecule has 1 aliphatic rings. The summed E-state index contributed by atoms with van der Waals surface area (Å²) >= 11 is 0. The lowest BCUT2D eigenvalue weighted by molar-refractivity contribution is 0.595. The third-order valence-corrected chi connectivity index (χ3v) is 5.93. The molecular formula is C17H21N7O2S. The number of primary sulfonamides is 1. The third kappa shape index (κ3) is 3.10. The lowest BCUT2D eigenvalue weighted by Gasteiger charge is -2.38. The molecule has 9 nitrogen and oxygen atoms in total. The van der Waals surface area contributed by atoms with E-state index in [1.807, 2.05) is 19.9 Å². The molecule has 0 unspecified atom stereocenters. The molecule has 0 aliphatic carbocycles. The highest BCUT2D eigenvalue weighted by atomic mass is 32.2. The minimum atomic E-state index is -3.77. The van der Waals surface area contributed by atoms with Crippen molar-refractivity contribution in [2.75, 3.05) is 36.0 Å². The van der Waals surface area contributed by atoms with Gasteiger partial charge in [-0.25, -0.2) is 18.5 Å². The molecule has 27 heavy (non-hydrogen) atoms. The van der Waals surface area contributed by atoms with E-state index in [-0.39, 0.29) is 4.90 Å². The van der Waals surface area contributed by atoms with Crippen LogP contribution in [0.4, 0.5) is 11.5 Å². The lowest BCUT2D eigenvalue weighted by atomic mass is 10.2. The first-order valence-electron chi connectivity index (χ1n) is 8.65. The fourth-order valence-electron chi connectivity index (χ4n) is 3.50. The van der Waals surface area contributed by atoms with Gasteiger partial charge in [0.15, 0.2) is 0 Å². The monoisotopic (exact) mass is 387 g/mol. The molecule has 0 radical (unpaired) electrons. The lowest BCUT2D eigenvalue weighted by Crippen LogP contribution is -2.48. The second-order valence-electron chi connectivity index (χ2n) is 6.60. The Morgan fingerprint density at radius 1 is 1.04 bits per heavy atom. The molecule has 0 spiro atoms. The summed E-state index contributed by atoms with van der Waals surface area (Å²) in [4.78, 5) is 13.1. The van der Waals surface area contributed by atoms with Gasteiger partial charge in [-0.05, 0) is 26.0 Å². The van der Waals surface area contributed by atoms with Crippen LogP contribution in [-0.2, 0) is 10.0 Å². The van der Waals surface area contributed by atoms with Crippen molar-refractivity contribution in [2.45, 2.75) is 18.7 Å². The number of nitrogens with zero attached hydrogens (tertiary/aromatic N) is 6. The number of rotatable bonds is 3. The number of sulfonamides is 1. The smallest absolute Gasteiger partial charge is 0.254 e. The Morgan fingerprint density at radius 2 is 1.70 bits per heavy atom. The zero-order valence-electron chi connectivity index (χ0n) is 15.2. The molecule has 3 aromatic rings. The molecule has 0 atom stereocenters. The fourth-order valence-corrected chi connectivity index (χ4v) is 4.26. The van der Waals surface area contributed by atoms with Gasteiger partial charge in [0.25, 0.3) is 5.78 Å². The first kappa shape index (κ1) is 17.7. The van der Waals surface area contributed by atoms with E-state index in [1.54, 1.807) is 22.7 Å². The van der Waals surface area contributed by atoms with Crippen LogP contribution in [0.3, 0.4) is 0 Å². The van der Waals surface area contributed by atoms with Crippen molar-refractivity contribution in [1.29, 1.82) is 0 Å². The number of piperazine rings is 1. The van der Waals surface area contributed by atoms with Gasteiger partial charge in [0.1, 0.15) is 17.0 Å². The first-order chi connectivity index (χ1) is 12.9. The van der Waals surface area contributed by atoms with Gasteiger partial charge >= 0.3 is 0 Å². The first-order valence-corrected chi connectivity index (χ1v) is 10.2. The summed E-state index contributed by atoms with van der Waals surface area (Å²) < 4.78 is 25.6. The normalized spacial score (nSPS) is 15.5. The number of aryl methyl sites for hydroxylation is 1. The fraction of sp³-hybridized carbons (Fsp3) is 0.353. The number of hydrogen-bond donors (Lipinski definition) is 1. The number of anilines is 2. The summed E-state index contributed by atoms with van der Waals surface area (Å²) in [6, 6.07) is 6.86. The predicted octanol–water partition coefficient (Wildman–Crippen LogP) is 0.715. The van der Waals surface area contributed by atoms with Crippen molar-refractivity contribution in [2.24, 2.45) is 5.14 Å². The van der Waals surface area contributed by atoms with Crippen molar-refractivity contribution in [3.05, 3.63) is 41.9 Å². The van der Waals surface area contributed by atoms with Crippen LogP contribution in [-0.4, -0.2) is 54.2 Å². The van der Waals surface area contributed by atoms with Crippen LogP contribution in [0, 0.1) is 13.8 Å². The van der Waals surface area contributed by atoms with Crippen molar-refractivity contribution < 1.29 is 8.42 Å². The number of benzene rings is 1. The zero-order chi connectivity index (χ0) is 19.2. The maximum atomic E-state index is 11.9. The van der Waals surface area contributed by atoms with Gasteiger partial charge in [-0.2, -0.15) is 14.6 Å². The second-order valence-corrected chi connectivity index (χ2v) is 8.13. The van der Waals surface area contributed by atoms with Gasteiger partial charge in [0.2, 0.25) is 10.0 Å². The Hall–Kier alpha value is -2.72. The highest BCUT2D eigenvalue weighted by Crippen LogP contribution is 2.28. The summed E-state index contributed by atoms with van der Waals surface area (Å²) in [6.07, 6.45) is 1.50. The Bertz CT molecular complexity index is 1100. The topological polar surface area (TPSA) is 110 Å². The number of aromatic nitrogens is 4. The van der Waals surface area contributed by atoms with Gasteiger partial charge in [0, 0.05) is 37.4 Å². The van der Waals surface area contributed by atoms with Crippen LogP contribution in [0.2, 0.25) is 0 Å². The molecule has 1 aliphatic heterocycles. The zero-order valence-corrected chi connectivity index (χ0v) is 16.0. The minimum absolute atomic E-state index is 0.160. The van der Waals surface area contributed by atoms with Crippen molar-refractivity contribution >= 4 is 27.3 Å². The summed E-state index contributed by atoms with van der Waals surface area (Å²) in [5.74, 6) is 1.56. The van der Waals surface area contributed by atoms with Crippen LogP contribution in [0.5, 0.6) is 0 Å². The van der Waals surface area contributed by atoms with Gasteiger partial charge in [-0.1, -0.05) is 12.1 Å². The van der Waals surface area contributed by atoms with Crippen LogP contribution in [0.25, 0.3) is 5.78 Å². The Labute approximate surface area is 157 Å². The maximum Gasteiger partial charge on any atom is 0.254 e. The Balaban J connectivity index is 1.63. The average molecular weight is 387 g/mol. The highest BCUT2D eigenvalue weighted by Gasteiger charge is 2.25. The molecule has 2 N–H and O–H groups in total. The van der Waals surface area contributed by atoms with E-state index < -0.39 is 10.0 Å². The Kier molecular flexibility index (Phi) is 4.23. The van der Waals surface area contributed by atoms with Crippen LogP contribution in [0.15, 0.2) is 35.5 Å². The van der Waals surface area contributed by atoms with E-state index >= 15 is 0 Å². The van der Waals surface area contributed by atoms with Gasteiger partial charge in [-0.3, -0.25) is 0 Å². The second kappa shape index (κ2) is 6.46. The summed E-state index contributed by atoms with van der Waals surface area (Å²) in [5, 5.41) is 9.69. The van der Waals surface area contributed by atoms with Crippen LogP contribution >= 0.6 is 0 Å². The molecule has 0 bridgehead atoms. The van der Waals surface area contributed by atoms with Crippen molar-refractivity contribution in [3.63, 3.8) is 0 Å². The quantitative estimate of drug-likeness (QED) is 0.705. The van der Waals surface area contributed by atoms with E-state index in [2.05, 4.69) is 24.9 Å². The molecule has 10 heteroatoms.